The highest BCUT2D eigenvalue weighted by molar-refractivity contribution is 5.67. The lowest BCUT2D eigenvalue weighted by molar-refractivity contribution is 0.0626. The number of nitrogens with zero attached hydrogens (tertiary/aromatic N) is 1. The number of nitrogens with one attached hydrogen (secondary N) is 1. The molecule has 1 aliphatic rings. The Morgan fingerprint density at radius 1 is 1.29 bits per heavy atom. The van der Waals surface area contributed by atoms with Crippen LogP contribution in [0.4, 0.5) is 4.79 Å². The van der Waals surface area contributed by atoms with Crippen LogP contribution in [-0.4, -0.2) is 24.1 Å². The Balaban J connectivity index is 2.29. The van der Waals surface area contributed by atoms with Crippen LogP contribution in [-0.2, 0) is 4.84 Å². The van der Waals surface area contributed by atoms with Crippen LogP contribution in [0.2, 0.25) is 0 Å². The van der Waals surface area contributed by atoms with E-state index in [2.05, 4.69) is 12.1 Å². The maximum Gasteiger partial charge on any atom is 0.434 e. The van der Waals surface area contributed by atoms with Gasteiger partial charge in [-0.05, 0) is 32.3 Å². The van der Waals surface area contributed by atoms with Gasteiger partial charge in [0.2, 0.25) is 0 Å². The van der Waals surface area contributed by atoms with Gasteiger partial charge in [0.1, 0.15) is 0 Å². The van der Waals surface area contributed by atoms with Gasteiger partial charge in [0.05, 0.1) is 0 Å². The van der Waals surface area contributed by atoms with E-state index < -0.39 is 0 Å². The zero-order chi connectivity index (χ0) is 12.5. The van der Waals surface area contributed by atoms with Crippen molar-refractivity contribution in [3.05, 3.63) is 36.6 Å². The second-order valence-corrected chi connectivity index (χ2v) is 3.99. The fourth-order valence-electron chi connectivity index (χ4n) is 1.58. The number of rotatable bonds is 4. The Kier molecular flexibility index (Phi) is 5.93. The minimum Gasteiger partial charge on any atom is -0.324 e. The minimum absolute atomic E-state index is 0.301. The van der Waals surface area contributed by atoms with Gasteiger partial charge in [0, 0.05) is 18.8 Å². The third-order valence-electron chi connectivity index (χ3n) is 2.51. The molecule has 1 fully saturated rings. The molecule has 1 amide bonds. The number of amides is 1. The molecule has 0 aromatic heterocycles. The van der Waals surface area contributed by atoms with Gasteiger partial charge in [-0.15, -0.1) is 0 Å². The summed E-state index contributed by atoms with van der Waals surface area (Å²) in [7, 11) is 0. The molecule has 1 saturated heterocycles. The van der Waals surface area contributed by atoms with Gasteiger partial charge in [-0.1, -0.05) is 24.8 Å². The Morgan fingerprint density at radius 3 is 2.65 bits per heavy atom. The fraction of sp³-hybridized carbons (Fsp3) is 0.462. The van der Waals surface area contributed by atoms with Gasteiger partial charge in [0.15, 0.2) is 0 Å². The molecule has 0 bridgehead atoms. The molecule has 0 aromatic carbocycles. The predicted molar refractivity (Wildman–Crippen MR) is 68.1 cm³/mol. The number of hydrogen-bond acceptors (Lipinski definition) is 3. The molecule has 0 radical (unpaired) electrons. The zero-order valence-electron chi connectivity index (χ0n) is 10.3. The average Bonchev–Trinajstić information content (AvgIpc) is 2.37. The van der Waals surface area contributed by atoms with Gasteiger partial charge in [0.25, 0.3) is 0 Å². The molecule has 4 nitrogen and oxygen atoms in total. The first-order chi connectivity index (χ1) is 8.24. The van der Waals surface area contributed by atoms with Crippen molar-refractivity contribution in [1.82, 2.24) is 10.4 Å². The van der Waals surface area contributed by atoms with E-state index >= 15 is 0 Å². The van der Waals surface area contributed by atoms with Crippen LogP contribution < -0.4 is 5.48 Å². The van der Waals surface area contributed by atoms with E-state index in [0.29, 0.717) is 0 Å². The summed E-state index contributed by atoms with van der Waals surface area (Å²) in [6.07, 6.45) is 10.1. The molecule has 1 rings (SSSR count). The molecule has 0 aromatic rings. The van der Waals surface area contributed by atoms with E-state index in [4.69, 9.17) is 4.84 Å². The molecule has 1 aliphatic heterocycles. The maximum absolute atomic E-state index is 11.6. The summed E-state index contributed by atoms with van der Waals surface area (Å²) in [6.45, 7) is 6.98. The minimum atomic E-state index is -0.301. The number of likely N-dealkylation sites (tertiary alicyclic amines) is 1. The highest BCUT2D eigenvalue weighted by Crippen LogP contribution is 2.09. The highest BCUT2D eigenvalue weighted by atomic mass is 16.7. The fourth-order valence-corrected chi connectivity index (χ4v) is 1.58. The molecular weight excluding hydrogens is 216 g/mol. The smallest absolute Gasteiger partial charge is 0.324 e. The largest absolute Gasteiger partial charge is 0.434 e. The van der Waals surface area contributed by atoms with Crippen LogP contribution in [0, 0.1) is 0 Å². The van der Waals surface area contributed by atoms with Crippen LogP contribution in [0.15, 0.2) is 36.6 Å². The molecule has 1 heterocycles. The van der Waals surface area contributed by atoms with Crippen molar-refractivity contribution in [2.45, 2.75) is 26.2 Å². The molecule has 4 heteroatoms. The normalized spacial score (nSPS) is 17.0. The predicted octanol–water partition coefficient (Wildman–Crippen LogP) is 2.76. The van der Waals surface area contributed by atoms with E-state index in [9.17, 15) is 4.79 Å². The summed E-state index contributed by atoms with van der Waals surface area (Å²) in [5, 5.41) is 0. The maximum atomic E-state index is 11.6. The zero-order valence-corrected chi connectivity index (χ0v) is 10.3. The third kappa shape index (κ3) is 5.24. The number of hydrogen-bond donors (Lipinski definition) is 1. The van der Waals surface area contributed by atoms with E-state index in [0.717, 1.165) is 31.6 Å². The first kappa shape index (κ1) is 13.4. The van der Waals surface area contributed by atoms with Crippen LogP contribution >= 0.6 is 0 Å². The van der Waals surface area contributed by atoms with E-state index in [1.165, 1.54) is 6.42 Å². The molecule has 0 atom stereocenters. The van der Waals surface area contributed by atoms with Crippen molar-refractivity contribution in [3.8, 4) is 0 Å². The van der Waals surface area contributed by atoms with Crippen molar-refractivity contribution >= 4 is 6.09 Å². The lowest BCUT2D eigenvalue weighted by Gasteiger charge is -2.25. The van der Waals surface area contributed by atoms with Crippen LogP contribution in [0.5, 0.6) is 0 Å². The second kappa shape index (κ2) is 7.54. The molecule has 0 saturated carbocycles. The first-order valence-corrected chi connectivity index (χ1v) is 5.92. The molecular formula is C13H20N2O2. The summed E-state index contributed by atoms with van der Waals surface area (Å²) >= 11 is 0. The van der Waals surface area contributed by atoms with Crippen molar-refractivity contribution in [2.24, 2.45) is 0 Å². The third-order valence-corrected chi connectivity index (χ3v) is 2.51. The van der Waals surface area contributed by atoms with Crippen molar-refractivity contribution < 1.29 is 9.63 Å². The lowest BCUT2D eigenvalue weighted by atomic mass is 10.1. The number of carbonyl (C=O) groups is 1. The topological polar surface area (TPSA) is 41.6 Å². The Bertz CT molecular complexity index is 315. The van der Waals surface area contributed by atoms with Gasteiger partial charge in [-0.2, -0.15) is 0 Å². The van der Waals surface area contributed by atoms with Crippen LogP contribution in [0.1, 0.15) is 26.2 Å². The van der Waals surface area contributed by atoms with Gasteiger partial charge in [-0.3, -0.25) is 0 Å². The summed E-state index contributed by atoms with van der Waals surface area (Å²) in [4.78, 5) is 18.3. The highest BCUT2D eigenvalue weighted by Gasteiger charge is 2.17. The van der Waals surface area contributed by atoms with Gasteiger partial charge in [-0.25, -0.2) is 10.3 Å². The lowest BCUT2D eigenvalue weighted by Crippen LogP contribution is -2.38. The van der Waals surface area contributed by atoms with E-state index in [-0.39, 0.29) is 6.09 Å². The summed E-state index contributed by atoms with van der Waals surface area (Å²) in [6, 6.07) is 0. The summed E-state index contributed by atoms with van der Waals surface area (Å²) in [5.74, 6) is 0. The number of allylic oxidation sites excluding steroid dienone is 5. The Morgan fingerprint density at radius 2 is 2.00 bits per heavy atom. The van der Waals surface area contributed by atoms with Crippen LogP contribution in [0.25, 0.3) is 0 Å². The Labute approximate surface area is 103 Å². The van der Waals surface area contributed by atoms with Gasteiger partial charge < -0.3 is 9.74 Å². The molecule has 17 heavy (non-hydrogen) atoms. The van der Waals surface area contributed by atoms with Crippen LogP contribution in [0.3, 0.4) is 0 Å². The average molecular weight is 236 g/mol. The molecule has 0 spiro atoms. The van der Waals surface area contributed by atoms with Crippen molar-refractivity contribution in [3.63, 3.8) is 0 Å². The van der Waals surface area contributed by atoms with Crippen molar-refractivity contribution in [1.29, 1.82) is 0 Å². The number of hydroxylamine groups is 1. The van der Waals surface area contributed by atoms with Crippen molar-refractivity contribution in [2.75, 3.05) is 13.1 Å². The van der Waals surface area contributed by atoms with E-state index in [1.807, 2.05) is 19.1 Å². The standard InChI is InChI=1S/C13H20N2O2/c1-3-4-6-9-12(2)14-17-13(16)15-10-7-5-8-11-15/h3-4,6,9,14H,1,5,7-8,10-11H2,2H3/b6-4-,12-9-. The summed E-state index contributed by atoms with van der Waals surface area (Å²) in [5.41, 5.74) is 3.39. The number of carbonyl (C=O) groups excluding carboxylic acids is 1. The first-order valence-electron chi connectivity index (χ1n) is 5.92. The number of piperidine rings is 1. The quantitative estimate of drug-likeness (QED) is 0.603. The molecule has 0 aliphatic carbocycles. The Hall–Kier alpha value is -1.71. The SMILES string of the molecule is C=C/C=C\C=C(\C)NOC(=O)N1CCCCC1. The monoisotopic (exact) mass is 236 g/mol. The van der Waals surface area contributed by atoms with E-state index in [1.54, 1.807) is 17.1 Å². The summed E-state index contributed by atoms with van der Waals surface area (Å²) < 4.78 is 0. The molecule has 0 unspecified atom stereocenters. The van der Waals surface area contributed by atoms with Gasteiger partial charge >= 0.3 is 6.09 Å². The molecule has 94 valence electrons. The molecule has 1 N–H and O–H groups in total. The second-order valence-electron chi connectivity index (χ2n) is 3.99.